The van der Waals surface area contributed by atoms with Gasteiger partial charge in [0.05, 0.1) is 0 Å². The fourth-order valence-electron chi connectivity index (χ4n) is 0. The van der Waals surface area contributed by atoms with Gasteiger partial charge in [-0.1, -0.05) is 0 Å². The number of hydrogen-bond acceptors (Lipinski definition) is 1. The molecule has 0 unspecified atom stereocenters. The normalized spacial score (nSPS) is 4.00. The average Bonchev–Trinajstić information content (AvgIpc) is 0.811. The van der Waals surface area contributed by atoms with Crippen LogP contribution in [0.3, 0.4) is 0 Å². The predicted octanol–water partition coefficient (Wildman–Crippen LogP) is 0.217. The van der Waals surface area contributed by atoms with Gasteiger partial charge in [-0.15, -0.1) is 0 Å². The van der Waals surface area contributed by atoms with Gasteiger partial charge in [-0.2, -0.15) is 0 Å². The monoisotopic (exact) mass is 231 g/mol. The summed E-state index contributed by atoms with van der Waals surface area (Å²) in [5.74, 6) is 0. The van der Waals surface area contributed by atoms with E-state index in [1.165, 1.54) is 0 Å². The molecule has 0 aliphatic heterocycles. The van der Waals surface area contributed by atoms with E-state index in [2.05, 4.69) is 0 Å². The number of rotatable bonds is 0. The van der Waals surface area contributed by atoms with Crippen molar-refractivity contribution in [2.45, 2.75) is 0 Å². The molecule has 1 radical (unpaired) electrons. The van der Waals surface area contributed by atoms with Crippen LogP contribution < -0.4 is 0 Å². The molecule has 5 heteroatoms. The molecule has 0 bridgehead atoms. The van der Waals surface area contributed by atoms with Gasteiger partial charge in [0, 0.05) is 37.5 Å². The summed E-state index contributed by atoms with van der Waals surface area (Å²) in [6.45, 7) is 0. The van der Waals surface area contributed by atoms with Crippen LogP contribution in [0, 0.1) is 0 Å². The number of carboxylic acid groups (broad SMARTS) is 2. The van der Waals surface area contributed by atoms with Crippen molar-refractivity contribution in [3.8, 4) is 0 Å². The van der Waals surface area contributed by atoms with Gasteiger partial charge in [-0.3, -0.25) is 0 Å². The number of carbonyl (C=O) groups is 1. The minimum absolute atomic E-state index is 0. The first-order valence-electron chi connectivity index (χ1n) is 0.651. The van der Waals surface area contributed by atoms with E-state index < -0.39 is 6.16 Å². The molecule has 0 aliphatic rings. The quantitative estimate of drug-likeness (QED) is 0.587. The Balaban J connectivity index is -0.0000000450. The van der Waals surface area contributed by atoms with Crippen molar-refractivity contribution >= 4 is 6.16 Å². The maximum absolute atomic E-state index is 8.56. The molecule has 0 saturated carbocycles. The third-order valence-electron chi connectivity index (χ3n) is 0. The fourth-order valence-corrected chi connectivity index (χ4v) is 0. The van der Waals surface area contributed by atoms with Gasteiger partial charge in [-0.25, -0.2) is 4.79 Å². The Morgan fingerprint density at radius 1 is 1.33 bits per heavy atom. The second kappa shape index (κ2) is 9.07. The Morgan fingerprint density at radius 3 is 1.33 bits per heavy atom. The zero-order chi connectivity index (χ0) is 3.58. The van der Waals surface area contributed by atoms with Crippen molar-refractivity contribution in [1.29, 1.82) is 0 Å². The second-order valence-electron chi connectivity index (χ2n) is 0.283. The van der Waals surface area contributed by atoms with Crippen molar-refractivity contribution in [3.63, 3.8) is 0 Å². The molecular weight excluding hydrogens is 230 g/mol. The smallest absolute Gasteiger partial charge is 0.450 e. The number of hydrogen-bond donors (Lipinski definition) is 2. The molecule has 0 heterocycles. The molecular formula is CH2CuO3Pd. The van der Waals surface area contributed by atoms with Gasteiger partial charge < -0.3 is 10.2 Å². The summed E-state index contributed by atoms with van der Waals surface area (Å²) in [5, 5.41) is 13.9. The van der Waals surface area contributed by atoms with Crippen molar-refractivity contribution in [1.82, 2.24) is 0 Å². The van der Waals surface area contributed by atoms with E-state index in [0.29, 0.717) is 0 Å². The van der Waals surface area contributed by atoms with Crippen LogP contribution in [0.1, 0.15) is 0 Å². The molecule has 0 aromatic rings. The molecule has 0 fully saturated rings. The SMILES string of the molecule is O=C(O)O.[Cu].[Pd]. The van der Waals surface area contributed by atoms with Gasteiger partial charge >= 0.3 is 6.16 Å². The Bertz CT molecular complexity index is 33.8. The Kier molecular flexibility index (Phi) is 24.3. The molecule has 2 N–H and O–H groups in total. The summed E-state index contributed by atoms with van der Waals surface area (Å²) in [6, 6.07) is 0. The topological polar surface area (TPSA) is 57.5 Å². The van der Waals surface area contributed by atoms with Gasteiger partial charge in [0.25, 0.3) is 0 Å². The molecule has 0 atom stereocenters. The zero-order valence-corrected chi connectivity index (χ0v) is 4.92. The third-order valence-corrected chi connectivity index (χ3v) is 0. The first kappa shape index (κ1) is 16.1. The summed E-state index contributed by atoms with van der Waals surface area (Å²) in [5.41, 5.74) is 0. The molecule has 0 aromatic carbocycles. The molecule has 0 aliphatic carbocycles. The fraction of sp³-hybridized carbons (Fsp3) is 0. The van der Waals surface area contributed by atoms with Crippen molar-refractivity contribution in [2.24, 2.45) is 0 Å². The van der Waals surface area contributed by atoms with E-state index in [1.807, 2.05) is 0 Å². The van der Waals surface area contributed by atoms with E-state index in [1.54, 1.807) is 0 Å². The average molecular weight is 232 g/mol. The predicted molar refractivity (Wildman–Crippen MR) is 10.7 cm³/mol. The maximum atomic E-state index is 8.56. The van der Waals surface area contributed by atoms with Crippen LogP contribution >= 0.6 is 0 Å². The Morgan fingerprint density at radius 2 is 1.33 bits per heavy atom. The zero-order valence-electron chi connectivity index (χ0n) is 2.42. The van der Waals surface area contributed by atoms with Gasteiger partial charge in [-0.05, 0) is 0 Å². The molecule has 0 amide bonds. The minimum Gasteiger partial charge on any atom is -0.450 e. The maximum Gasteiger partial charge on any atom is 0.503 e. The van der Waals surface area contributed by atoms with E-state index in [-0.39, 0.29) is 37.5 Å². The van der Waals surface area contributed by atoms with Gasteiger partial charge in [0.15, 0.2) is 0 Å². The van der Waals surface area contributed by atoms with Crippen molar-refractivity contribution < 1.29 is 52.5 Å². The summed E-state index contributed by atoms with van der Waals surface area (Å²) in [6.07, 6.45) is -1.83. The van der Waals surface area contributed by atoms with E-state index in [0.717, 1.165) is 0 Å². The van der Waals surface area contributed by atoms with Gasteiger partial charge in [0.2, 0.25) is 0 Å². The second-order valence-corrected chi connectivity index (χ2v) is 0.283. The molecule has 6 heavy (non-hydrogen) atoms. The summed E-state index contributed by atoms with van der Waals surface area (Å²) < 4.78 is 0. The minimum atomic E-state index is -1.83. The van der Waals surface area contributed by atoms with Crippen LogP contribution in [-0.2, 0) is 37.5 Å². The molecule has 0 spiro atoms. The molecule has 0 rings (SSSR count). The summed E-state index contributed by atoms with van der Waals surface area (Å²) >= 11 is 0. The van der Waals surface area contributed by atoms with Crippen molar-refractivity contribution in [2.75, 3.05) is 0 Å². The molecule has 0 aromatic heterocycles. The van der Waals surface area contributed by atoms with E-state index in [4.69, 9.17) is 15.0 Å². The first-order valence-corrected chi connectivity index (χ1v) is 0.651. The van der Waals surface area contributed by atoms with Crippen LogP contribution in [0.2, 0.25) is 0 Å². The van der Waals surface area contributed by atoms with E-state index >= 15 is 0 Å². The van der Waals surface area contributed by atoms with Crippen LogP contribution in [0.4, 0.5) is 4.79 Å². The molecule has 45 valence electrons. The Hall–Kier alpha value is 0.452. The van der Waals surface area contributed by atoms with Crippen LogP contribution in [0.15, 0.2) is 0 Å². The van der Waals surface area contributed by atoms with Gasteiger partial charge in [0.1, 0.15) is 0 Å². The third kappa shape index (κ3) is 260. The summed E-state index contributed by atoms with van der Waals surface area (Å²) in [7, 11) is 0. The van der Waals surface area contributed by atoms with Crippen LogP contribution in [0.5, 0.6) is 0 Å². The molecule has 0 saturated heterocycles. The summed E-state index contributed by atoms with van der Waals surface area (Å²) in [4.78, 5) is 8.56. The van der Waals surface area contributed by atoms with Crippen LogP contribution in [-0.4, -0.2) is 16.4 Å². The first-order chi connectivity index (χ1) is 1.73. The van der Waals surface area contributed by atoms with Crippen molar-refractivity contribution in [3.05, 3.63) is 0 Å². The Labute approximate surface area is 58.9 Å². The largest absolute Gasteiger partial charge is 0.503 e. The van der Waals surface area contributed by atoms with E-state index in [9.17, 15) is 0 Å². The van der Waals surface area contributed by atoms with Crippen LogP contribution in [0.25, 0.3) is 0 Å². The standard InChI is InChI=1S/CH2O3.Cu.Pd/c2-1(3)4;;/h(H2,2,3,4);;. The molecule has 3 nitrogen and oxygen atoms in total.